The van der Waals surface area contributed by atoms with E-state index in [1.54, 1.807) is 11.8 Å². The molecule has 2 aromatic carbocycles. The lowest BCUT2D eigenvalue weighted by molar-refractivity contribution is -0.137. The van der Waals surface area contributed by atoms with Gasteiger partial charge in [0.1, 0.15) is 0 Å². The van der Waals surface area contributed by atoms with E-state index in [0.717, 1.165) is 17.8 Å². The summed E-state index contributed by atoms with van der Waals surface area (Å²) in [5.74, 6) is -0.385. The third-order valence-corrected chi connectivity index (χ3v) is 3.44. The number of rotatable bonds is 6. The van der Waals surface area contributed by atoms with Crippen molar-refractivity contribution >= 4 is 17.3 Å². The van der Waals surface area contributed by atoms with E-state index in [1.807, 2.05) is 30.3 Å². The molecule has 0 aromatic heterocycles. The van der Waals surface area contributed by atoms with Gasteiger partial charge < -0.3 is 15.3 Å². The van der Waals surface area contributed by atoms with Gasteiger partial charge in [-0.2, -0.15) is 13.2 Å². The van der Waals surface area contributed by atoms with Gasteiger partial charge >= 0.3 is 6.18 Å². The number of aliphatic hydroxyl groups is 1. The van der Waals surface area contributed by atoms with Crippen molar-refractivity contribution < 1.29 is 23.1 Å². The van der Waals surface area contributed by atoms with Crippen LogP contribution in [0.1, 0.15) is 12.5 Å². The van der Waals surface area contributed by atoms with E-state index < -0.39 is 17.8 Å². The quantitative estimate of drug-likeness (QED) is 0.836. The number of amides is 1. The number of carbonyl (C=O) groups is 1. The molecule has 134 valence electrons. The largest absolute Gasteiger partial charge is 0.416 e. The third kappa shape index (κ3) is 5.79. The minimum Gasteiger partial charge on any atom is -0.392 e. The predicted octanol–water partition coefficient (Wildman–Crippen LogP) is 3.53. The second-order valence-corrected chi connectivity index (χ2v) is 5.69. The topological polar surface area (TPSA) is 52.6 Å². The molecule has 7 heteroatoms. The number of nitrogens with one attached hydrogen (secondary N) is 1. The molecule has 2 rings (SSSR count). The van der Waals surface area contributed by atoms with Crippen molar-refractivity contribution in [2.75, 3.05) is 23.3 Å². The highest BCUT2D eigenvalue weighted by Gasteiger charge is 2.30. The summed E-state index contributed by atoms with van der Waals surface area (Å²) in [4.78, 5) is 13.9. The van der Waals surface area contributed by atoms with Crippen LogP contribution in [0, 0.1) is 0 Å². The normalized spacial score (nSPS) is 12.5. The number of halogens is 3. The van der Waals surface area contributed by atoms with Crippen LogP contribution in [0.25, 0.3) is 0 Å². The molecule has 0 aliphatic rings. The molecule has 0 aliphatic carbocycles. The van der Waals surface area contributed by atoms with Crippen LogP contribution >= 0.6 is 0 Å². The number of benzene rings is 2. The Hall–Kier alpha value is -2.54. The maximum Gasteiger partial charge on any atom is 0.416 e. The van der Waals surface area contributed by atoms with Crippen LogP contribution in [0.2, 0.25) is 0 Å². The summed E-state index contributed by atoms with van der Waals surface area (Å²) >= 11 is 0. The molecule has 0 aliphatic heterocycles. The molecule has 0 radical (unpaired) electrons. The summed E-state index contributed by atoms with van der Waals surface area (Å²) in [6.45, 7) is 1.84. The van der Waals surface area contributed by atoms with Crippen molar-refractivity contribution in [2.45, 2.75) is 19.2 Å². The van der Waals surface area contributed by atoms with E-state index in [9.17, 15) is 23.1 Å². The summed E-state index contributed by atoms with van der Waals surface area (Å²) < 4.78 is 37.6. The lowest BCUT2D eigenvalue weighted by Gasteiger charge is -2.25. The molecular formula is C18H19F3N2O2. The van der Waals surface area contributed by atoms with Gasteiger partial charge in [-0.15, -0.1) is 0 Å². The molecule has 1 amide bonds. The van der Waals surface area contributed by atoms with Gasteiger partial charge in [0.25, 0.3) is 0 Å². The standard InChI is InChI=1S/C18H19F3N2O2/c1-13(24)11-23(16-5-3-2-4-6-16)12-17(25)22-15-9-7-14(8-10-15)18(19,20)21/h2-10,13,24H,11-12H2,1H3,(H,22,25)/t13-/m0/s1. The van der Waals surface area contributed by atoms with Crippen molar-refractivity contribution in [3.05, 3.63) is 60.2 Å². The molecule has 0 saturated heterocycles. The van der Waals surface area contributed by atoms with Crippen LogP contribution in [0.15, 0.2) is 54.6 Å². The van der Waals surface area contributed by atoms with Crippen LogP contribution in [-0.2, 0) is 11.0 Å². The first-order valence-corrected chi connectivity index (χ1v) is 7.71. The average Bonchev–Trinajstić information content (AvgIpc) is 2.54. The van der Waals surface area contributed by atoms with Gasteiger partial charge in [-0.25, -0.2) is 0 Å². The van der Waals surface area contributed by atoms with Crippen LogP contribution in [0.4, 0.5) is 24.5 Å². The minimum atomic E-state index is -4.41. The lowest BCUT2D eigenvalue weighted by atomic mass is 10.2. The van der Waals surface area contributed by atoms with Gasteiger partial charge in [-0.1, -0.05) is 18.2 Å². The fourth-order valence-corrected chi connectivity index (χ4v) is 2.34. The fraction of sp³-hybridized carbons (Fsp3) is 0.278. The van der Waals surface area contributed by atoms with Crippen molar-refractivity contribution in [1.82, 2.24) is 0 Å². The van der Waals surface area contributed by atoms with E-state index in [-0.39, 0.29) is 24.7 Å². The molecule has 0 fully saturated rings. The Kier molecular flexibility index (Phi) is 6.03. The van der Waals surface area contributed by atoms with Gasteiger partial charge in [0.15, 0.2) is 0 Å². The van der Waals surface area contributed by atoms with Gasteiger partial charge in [-0.05, 0) is 43.3 Å². The minimum absolute atomic E-state index is 0.0318. The first-order valence-electron chi connectivity index (χ1n) is 7.71. The highest BCUT2D eigenvalue weighted by Crippen LogP contribution is 2.29. The molecule has 25 heavy (non-hydrogen) atoms. The van der Waals surface area contributed by atoms with Crippen LogP contribution in [0.5, 0.6) is 0 Å². The van der Waals surface area contributed by atoms with Crippen LogP contribution in [0.3, 0.4) is 0 Å². The van der Waals surface area contributed by atoms with E-state index in [4.69, 9.17) is 0 Å². The van der Waals surface area contributed by atoms with E-state index in [0.29, 0.717) is 0 Å². The van der Waals surface area contributed by atoms with Crippen LogP contribution in [-0.4, -0.2) is 30.2 Å². The van der Waals surface area contributed by atoms with Crippen molar-refractivity contribution in [3.8, 4) is 0 Å². The number of nitrogens with zero attached hydrogens (tertiary/aromatic N) is 1. The Labute approximate surface area is 143 Å². The second-order valence-electron chi connectivity index (χ2n) is 5.69. The molecule has 4 nitrogen and oxygen atoms in total. The fourth-order valence-electron chi connectivity index (χ4n) is 2.34. The molecule has 2 aromatic rings. The molecule has 1 atom stereocenters. The molecule has 0 saturated carbocycles. The molecule has 0 heterocycles. The Balaban J connectivity index is 2.03. The zero-order valence-electron chi connectivity index (χ0n) is 13.6. The zero-order valence-corrected chi connectivity index (χ0v) is 13.6. The highest BCUT2D eigenvalue weighted by atomic mass is 19.4. The molecule has 0 bridgehead atoms. The van der Waals surface area contributed by atoms with E-state index in [1.165, 1.54) is 12.1 Å². The van der Waals surface area contributed by atoms with E-state index in [2.05, 4.69) is 5.32 Å². The van der Waals surface area contributed by atoms with Gasteiger partial charge in [-0.3, -0.25) is 4.79 Å². The van der Waals surface area contributed by atoms with E-state index >= 15 is 0 Å². The third-order valence-electron chi connectivity index (χ3n) is 3.44. The number of hydrogen-bond acceptors (Lipinski definition) is 3. The maximum absolute atomic E-state index is 12.5. The number of anilines is 2. The molecular weight excluding hydrogens is 333 g/mol. The number of carbonyl (C=O) groups excluding carboxylic acids is 1. The predicted molar refractivity (Wildman–Crippen MR) is 90.4 cm³/mol. The molecule has 2 N–H and O–H groups in total. The smallest absolute Gasteiger partial charge is 0.392 e. The lowest BCUT2D eigenvalue weighted by Crippen LogP contribution is -2.37. The Morgan fingerprint density at radius 2 is 1.72 bits per heavy atom. The van der Waals surface area contributed by atoms with Crippen molar-refractivity contribution in [1.29, 1.82) is 0 Å². The van der Waals surface area contributed by atoms with Crippen molar-refractivity contribution in [2.24, 2.45) is 0 Å². The van der Waals surface area contributed by atoms with Crippen molar-refractivity contribution in [3.63, 3.8) is 0 Å². The summed E-state index contributed by atoms with van der Waals surface area (Å²) in [6, 6.07) is 13.4. The number of hydrogen-bond donors (Lipinski definition) is 2. The summed E-state index contributed by atoms with van der Waals surface area (Å²) in [6.07, 6.45) is -5.05. The summed E-state index contributed by atoms with van der Waals surface area (Å²) in [5.41, 5.74) is 0.277. The highest BCUT2D eigenvalue weighted by molar-refractivity contribution is 5.94. The Bertz CT molecular complexity index is 686. The maximum atomic E-state index is 12.5. The molecule has 0 unspecified atom stereocenters. The number of para-hydroxylation sites is 1. The Morgan fingerprint density at radius 1 is 1.12 bits per heavy atom. The first-order chi connectivity index (χ1) is 11.8. The second kappa shape index (κ2) is 8.02. The first kappa shape index (κ1) is 18.8. The number of aliphatic hydroxyl groups excluding tert-OH is 1. The SMILES string of the molecule is C[C@H](O)CN(CC(=O)Nc1ccc(C(F)(F)F)cc1)c1ccccc1. The van der Waals surface area contributed by atoms with Gasteiger partial charge in [0, 0.05) is 17.9 Å². The summed E-state index contributed by atoms with van der Waals surface area (Å²) in [7, 11) is 0. The molecule has 0 spiro atoms. The number of alkyl halides is 3. The Morgan fingerprint density at radius 3 is 2.24 bits per heavy atom. The summed E-state index contributed by atoms with van der Waals surface area (Å²) in [5, 5.41) is 12.2. The van der Waals surface area contributed by atoms with Gasteiger partial charge in [0.05, 0.1) is 18.2 Å². The van der Waals surface area contributed by atoms with Crippen LogP contribution < -0.4 is 10.2 Å². The zero-order chi connectivity index (χ0) is 18.4. The average molecular weight is 352 g/mol. The van der Waals surface area contributed by atoms with Gasteiger partial charge in [0.2, 0.25) is 5.91 Å². The monoisotopic (exact) mass is 352 g/mol.